The maximum atomic E-state index is 12.4. The minimum Gasteiger partial charge on any atom is -0.487 e. The lowest BCUT2D eigenvalue weighted by atomic mass is 10.00. The van der Waals surface area contributed by atoms with E-state index in [9.17, 15) is 4.79 Å². The van der Waals surface area contributed by atoms with Crippen LogP contribution in [0.2, 0.25) is 0 Å². The fourth-order valence-corrected chi connectivity index (χ4v) is 3.36. The van der Waals surface area contributed by atoms with Gasteiger partial charge in [0.05, 0.1) is 6.20 Å². The highest BCUT2D eigenvalue weighted by Crippen LogP contribution is 2.31. The van der Waals surface area contributed by atoms with Gasteiger partial charge in [-0.1, -0.05) is 18.2 Å². The summed E-state index contributed by atoms with van der Waals surface area (Å²) in [5.74, 6) is 6.36. The molecule has 2 aromatic rings. The lowest BCUT2D eigenvalue weighted by Gasteiger charge is -2.30. The van der Waals surface area contributed by atoms with Crippen LogP contribution in [-0.2, 0) is 11.3 Å². The van der Waals surface area contributed by atoms with Crippen LogP contribution in [0.1, 0.15) is 38.3 Å². The molecule has 2 heterocycles. The molecule has 1 amide bonds. The molecule has 1 aliphatic rings. The second-order valence-electron chi connectivity index (χ2n) is 9.09. The predicted molar refractivity (Wildman–Crippen MR) is 126 cm³/mol. The van der Waals surface area contributed by atoms with E-state index in [4.69, 9.17) is 16.3 Å². The third kappa shape index (κ3) is 5.99. The van der Waals surface area contributed by atoms with Crippen molar-refractivity contribution in [2.45, 2.75) is 52.3 Å². The van der Waals surface area contributed by atoms with Crippen molar-refractivity contribution in [1.82, 2.24) is 20.6 Å². The normalized spacial score (nSPS) is 16.7. The van der Waals surface area contributed by atoms with Gasteiger partial charge in [0, 0.05) is 36.6 Å². The molecule has 32 heavy (non-hydrogen) atoms. The first-order chi connectivity index (χ1) is 15.1. The van der Waals surface area contributed by atoms with Gasteiger partial charge in [0.2, 0.25) is 0 Å². The van der Waals surface area contributed by atoms with Crippen LogP contribution < -0.4 is 26.9 Å². The number of ether oxygens (including phenoxy) is 1. The van der Waals surface area contributed by atoms with Gasteiger partial charge in [0.1, 0.15) is 17.6 Å². The van der Waals surface area contributed by atoms with Crippen LogP contribution in [-0.4, -0.2) is 40.6 Å². The number of carbonyl (C=O) groups excluding carboxylic acids is 1. The second kappa shape index (κ2) is 10.0. The number of hydrogen-bond donors (Lipinski definition) is 4. The molecule has 1 fully saturated rings. The molecule has 0 radical (unpaired) electrons. The Morgan fingerprint density at radius 3 is 2.81 bits per heavy atom. The molecule has 8 heteroatoms. The molecular formula is C24H34N6O2. The van der Waals surface area contributed by atoms with Crippen LogP contribution >= 0.6 is 0 Å². The Morgan fingerprint density at radius 1 is 1.38 bits per heavy atom. The van der Waals surface area contributed by atoms with Crippen molar-refractivity contribution in [3.8, 4) is 16.9 Å². The average Bonchev–Trinajstić information content (AvgIpc) is 3.25. The van der Waals surface area contributed by atoms with Crippen molar-refractivity contribution in [2.24, 2.45) is 11.6 Å². The molecule has 1 atom stereocenters. The third-order valence-electron chi connectivity index (χ3n) is 5.50. The SMILES string of the molecule is Cc1cc(-c2ccncc2OC2CCNC2)ccc1CNC(=O)/C(N)=C/N(N)C(C)(C)C. The van der Waals surface area contributed by atoms with Gasteiger partial charge in [-0.25, -0.2) is 5.84 Å². The molecule has 0 spiro atoms. The van der Waals surface area contributed by atoms with E-state index in [0.29, 0.717) is 6.54 Å². The Morgan fingerprint density at radius 2 is 2.16 bits per heavy atom. The maximum Gasteiger partial charge on any atom is 0.268 e. The monoisotopic (exact) mass is 438 g/mol. The summed E-state index contributed by atoms with van der Waals surface area (Å²) in [6, 6.07) is 8.10. The molecule has 1 aliphatic heterocycles. The highest BCUT2D eigenvalue weighted by atomic mass is 16.5. The lowest BCUT2D eigenvalue weighted by Crippen LogP contribution is -2.44. The summed E-state index contributed by atoms with van der Waals surface area (Å²) in [4.78, 5) is 16.6. The van der Waals surface area contributed by atoms with Crippen molar-refractivity contribution >= 4 is 5.91 Å². The maximum absolute atomic E-state index is 12.4. The molecule has 172 valence electrons. The van der Waals surface area contributed by atoms with Gasteiger partial charge in [-0.05, 0) is 63.4 Å². The topological polar surface area (TPSA) is 119 Å². The molecule has 1 saturated heterocycles. The summed E-state index contributed by atoms with van der Waals surface area (Å²) in [5, 5.41) is 7.60. The van der Waals surface area contributed by atoms with Crippen LogP contribution in [0.4, 0.5) is 0 Å². The third-order valence-corrected chi connectivity index (χ3v) is 5.50. The van der Waals surface area contributed by atoms with Crippen molar-refractivity contribution in [1.29, 1.82) is 0 Å². The van der Waals surface area contributed by atoms with Crippen LogP contribution in [0.5, 0.6) is 5.75 Å². The van der Waals surface area contributed by atoms with Gasteiger partial charge in [0.15, 0.2) is 0 Å². The average molecular weight is 439 g/mol. The number of hydrazine groups is 1. The number of nitrogens with zero attached hydrogens (tertiary/aromatic N) is 2. The van der Waals surface area contributed by atoms with Gasteiger partial charge in [-0.3, -0.25) is 9.78 Å². The summed E-state index contributed by atoms with van der Waals surface area (Å²) in [6.07, 6.45) is 6.14. The quantitative estimate of drug-likeness (QED) is 0.297. The van der Waals surface area contributed by atoms with E-state index in [1.54, 1.807) is 12.4 Å². The van der Waals surface area contributed by atoms with E-state index in [1.807, 2.05) is 45.9 Å². The van der Waals surface area contributed by atoms with Crippen molar-refractivity contribution in [3.05, 3.63) is 59.7 Å². The number of nitrogens with one attached hydrogen (secondary N) is 2. The number of pyridine rings is 1. The zero-order chi connectivity index (χ0) is 23.3. The molecule has 3 rings (SSSR count). The summed E-state index contributed by atoms with van der Waals surface area (Å²) in [7, 11) is 0. The second-order valence-corrected chi connectivity index (χ2v) is 9.09. The molecule has 8 nitrogen and oxygen atoms in total. The fourth-order valence-electron chi connectivity index (χ4n) is 3.36. The molecule has 1 aromatic heterocycles. The molecule has 0 saturated carbocycles. The van der Waals surface area contributed by atoms with E-state index in [2.05, 4.69) is 21.7 Å². The van der Waals surface area contributed by atoms with E-state index in [1.165, 1.54) is 11.2 Å². The Balaban J connectivity index is 1.69. The first-order valence-corrected chi connectivity index (χ1v) is 10.9. The van der Waals surface area contributed by atoms with Crippen LogP contribution in [0.3, 0.4) is 0 Å². The largest absolute Gasteiger partial charge is 0.487 e. The van der Waals surface area contributed by atoms with Gasteiger partial charge in [0.25, 0.3) is 5.91 Å². The Bertz CT molecular complexity index is 977. The Labute approximate surface area is 190 Å². The highest BCUT2D eigenvalue weighted by molar-refractivity contribution is 5.92. The number of aryl methyl sites for hydroxylation is 1. The van der Waals surface area contributed by atoms with E-state index in [0.717, 1.165) is 47.5 Å². The van der Waals surface area contributed by atoms with Crippen LogP contribution in [0.25, 0.3) is 11.1 Å². The van der Waals surface area contributed by atoms with Crippen LogP contribution in [0, 0.1) is 6.92 Å². The first kappa shape index (κ1) is 23.6. The number of aromatic nitrogens is 1. The van der Waals surface area contributed by atoms with Gasteiger partial charge >= 0.3 is 0 Å². The number of benzene rings is 1. The molecule has 1 unspecified atom stereocenters. The lowest BCUT2D eigenvalue weighted by molar-refractivity contribution is -0.117. The zero-order valence-electron chi connectivity index (χ0n) is 19.3. The summed E-state index contributed by atoms with van der Waals surface area (Å²) >= 11 is 0. The molecular weight excluding hydrogens is 404 g/mol. The fraction of sp³-hybridized carbons (Fsp3) is 0.417. The zero-order valence-corrected chi connectivity index (χ0v) is 19.3. The van der Waals surface area contributed by atoms with Crippen molar-refractivity contribution in [3.63, 3.8) is 0 Å². The van der Waals surface area contributed by atoms with Gasteiger partial charge in [-0.2, -0.15) is 0 Å². The van der Waals surface area contributed by atoms with Crippen molar-refractivity contribution < 1.29 is 9.53 Å². The number of amides is 1. The standard InChI is InChI=1S/C24H34N6O2/c1-16-11-17(20-8-10-28-14-22(20)32-19-7-9-27-13-19)5-6-18(16)12-29-23(31)21(25)15-30(26)24(2,3)4/h5-6,8,10-11,14-15,19,27H,7,9,12-13,25-26H2,1-4H3,(H,29,31)/b21-15-. The highest BCUT2D eigenvalue weighted by Gasteiger charge is 2.19. The van der Waals surface area contributed by atoms with Crippen molar-refractivity contribution in [2.75, 3.05) is 13.1 Å². The molecule has 0 bridgehead atoms. The van der Waals surface area contributed by atoms with Crippen LogP contribution in [0.15, 0.2) is 48.6 Å². The minimum absolute atomic E-state index is 0.0664. The van der Waals surface area contributed by atoms with Gasteiger partial charge < -0.3 is 26.1 Å². The smallest absolute Gasteiger partial charge is 0.268 e. The molecule has 1 aromatic carbocycles. The number of hydrogen-bond acceptors (Lipinski definition) is 7. The molecule has 0 aliphatic carbocycles. The number of carbonyl (C=O) groups is 1. The van der Waals surface area contributed by atoms with E-state index >= 15 is 0 Å². The first-order valence-electron chi connectivity index (χ1n) is 10.9. The number of nitrogens with two attached hydrogens (primary N) is 2. The summed E-state index contributed by atoms with van der Waals surface area (Å²) in [6.45, 7) is 10.0. The van der Waals surface area contributed by atoms with E-state index in [-0.39, 0.29) is 23.2 Å². The molecule has 6 N–H and O–H groups in total. The Kier molecular flexibility index (Phi) is 7.37. The Hall–Kier alpha value is -3.10. The summed E-state index contributed by atoms with van der Waals surface area (Å²) in [5.41, 5.74) is 9.75. The van der Waals surface area contributed by atoms with Gasteiger partial charge in [-0.15, -0.1) is 0 Å². The summed E-state index contributed by atoms with van der Waals surface area (Å²) < 4.78 is 6.18. The number of rotatable bonds is 7. The van der Waals surface area contributed by atoms with E-state index < -0.39 is 0 Å². The minimum atomic E-state index is -0.358. The predicted octanol–water partition coefficient (Wildman–Crippen LogP) is 2.19.